The number of fused-ring (bicyclic) bond motifs is 8. The first-order valence-corrected chi connectivity index (χ1v) is 15.4. The van der Waals surface area contributed by atoms with Crippen molar-refractivity contribution in [1.29, 1.82) is 0 Å². The topological polar surface area (TPSA) is 19.1 Å². The van der Waals surface area contributed by atoms with Crippen molar-refractivity contribution in [3.63, 3.8) is 0 Å². The molecule has 0 aliphatic carbocycles. The van der Waals surface area contributed by atoms with Crippen molar-refractivity contribution in [2.75, 3.05) is 0 Å². The van der Waals surface area contributed by atoms with Gasteiger partial charge in [-0.3, -0.25) is 0 Å². The Morgan fingerprint density at radius 1 is 0.400 bits per heavy atom. The lowest BCUT2D eigenvalue weighted by atomic mass is 9.98. The van der Waals surface area contributed by atoms with Gasteiger partial charge in [-0.05, 0) is 65.2 Å². The summed E-state index contributed by atoms with van der Waals surface area (Å²) in [5.41, 5.74) is 11.6. The van der Waals surface area contributed by atoms with Crippen molar-refractivity contribution in [3.05, 3.63) is 158 Å². The van der Waals surface area contributed by atoms with E-state index >= 15 is 0 Å². The Hall–Kier alpha value is -6.06. The summed E-state index contributed by atoms with van der Waals surface area (Å²) in [4.78, 5) is 0. The molecule has 210 valence electrons. The SMILES string of the molecule is c1cc(-c2ccc(-c3ccc4c5ccccc5n5c4c3Oc3ccccc3-5)cc2)cc(-n2c3ccccc3c3ccccc32)c1. The van der Waals surface area contributed by atoms with Crippen LogP contribution in [0.3, 0.4) is 0 Å². The molecule has 0 unspecified atom stereocenters. The first kappa shape index (κ1) is 24.4. The summed E-state index contributed by atoms with van der Waals surface area (Å²) in [5.74, 6) is 1.78. The number of ether oxygens (including phenoxy) is 1. The van der Waals surface area contributed by atoms with Crippen LogP contribution in [0.25, 0.3) is 77.2 Å². The van der Waals surface area contributed by atoms with Gasteiger partial charge in [-0.15, -0.1) is 0 Å². The average Bonchev–Trinajstić information content (AvgIpc) is 3.63. The number of benzene rings is 7. The van der Waals surface area contributed by atoms with Crippen molar-refractivity contribution in [3.8, 4) is 45.1 Å². The molecule has 0 atom stereocenters. The minimum absolute atomic E-state index is 0.874. The van der Waals surface area contributed by atoms with Gasteiger partial charge in [0.25, 0.3) is 0 Å². The van der Waals surface area contributed by atoms with Crippen LogP contribution in [-0.2, 0) is 0 Å². The predicted octanol–water partition coefficient (Wildman–Crippen LogP) is 11.3. The van der Waals surface area contributed by atoms with Crippen LogP contribution in [0.2, 0.25) is 0 Å². The second-order valence-corrected chi connectivity index (χ2v) is 11.8. The van der Waals surface area contributed by atoms with E-state index in [1.54, 1.807) is 0 Å². The molecule has 0 N–H and O–H groups in total. The zero-order chi connectivity index (χ0) is 29.5. The molecule has 0 radical (unpaired) electrons. The molecule has 0 bridgehead atoms. The Morgan fingerprint density at radius 3 is 1.73 bits per heavy atom. The third-order valence-corrected chi connectivity index (χ3v) is 9.32. The van der Waals surface area contributed by atoms with Gasteiger partial charge in [0.05, 0.1) is 27.8 Å². The Bertz CT molecular complexity index is 2570. The van der Waals surface area contributed by atoms with E-state index in [1.165, 1.54) is 49.2 Å². The number of nitrogens with zero attached hydrogens (tertiary/aromatic N) is 2. The summed E-state index contributed by atoms with van der Waals surface area (Å²) in [5, 5.41) is 4.98. The highest BCUT2D eigenvalue weighted by molar-refractivity contribution is 6.14. The van der Waals surface area contributed by atoms with E-state index in [9.17, 15) is 0 Å². The third kappa shape index (κ3) is 3.46. The Labute approximate surface area is 259 Å². The van der Waals surface area contributed by atoms with E-state index in [2.05, 4.69) is 161 Å². The number of para-hydroxylation sites is 5. The van der Waals surface area contributed by atoms with Crippen molar-refractivity contribution in [1.82, 2.24) is 9.13 Å². The molecular formula is C42H26N2O. The van der Waals surface area contributed by atoms with E-state index in [0.717, 1.165) is 39.5 Å². The van der Waals surface area contributed by atoms with Gasteiger partial charge < -0.3 is 13.9 Å². The lowest BCUT2D eigenvalue weighted by molar-refractivity contribution is 0.478. The number of aromatic nitrogens is 2. The standard InChI is InChI=1S/C42H26N2O/c1-4-15-36-32(12-1)33-13-2-5-16-37(33)43(36)30-11-9-10-29(26-30)27-20-22-28(23-21-27)31-24-25-35-34-14-3-6-17-38(34)44-39-18-7-8-19-40(39)45-42(31)41(35)44/h1-26H. The Kier molecular flexibility index (Phi) is 5.00. The molecule has 3 nitrogen and oxygen atoms in total. The number of hydrogen-bond donors (Lipinski definition) is 0. The van der Waals surface area contributed by atoms with Gasteiger partial charge in [-0.2, -0.15) is 0 Å². The second-order valence-electron chi connectivity index (χ2n) is 11.8. The summed E-state index contributed by atoms with van der Waals surface area (Å²) in [7, 11) is 0. The summed E-state index contributed by atoms with van der Waals surface area (Å²) in [6.07, 6.45) is 0. The molecule has 7 aromatic carbocycles. The van der Waals surface area contributed by atoms with Gasteiger partial charge in [-0.1, -0.05) is 109 Å². The van der Waals surface area contributed by atoms with Crippen LogP contribution < -0.4 is 4.74 Å². The Morgan fingerprint density at radius 2 is 1.00 bits per heavy atom. The van der Waals surface area contributed by atoms with Crippen LogP contribution >= 0.6 is 0 Å². The van der Waals surface area contributed by atoms with Crippen LogP contribution in [-0.4, -0.2) is 9.13 Å². The lowest BCUT2D eigenvalue weighted by Gasteiger charge is -2.23. The quantitative estimate of drug-likeness (QED) is 0.205. The van der Waals surface area contributed by atoms with Crippen LogP contribution in [0.15, 0.2) is 158 Å². The summed E-state index contributed by atoms with van der Waals surface area (Å²) in [6.45, 7) is 0. The zero-order valence-corrected chi connectivity index (χ0v) is 24.3. The van der Waals surface area contributed by atoms with Crippen molar-refractivity contribution in [2.45, 2.75) is 0 Å². The van der Waals surface area contributed by atoms with Gasteiger partial charge in [0.2, 0.25) is 0 Å². The zero-order valence-electron chi connectivity index (χ0n) is 24.3. The minimum Gasteiger partial charge on any atom is -0.452 e. The van der Waals surface area contributed by atoms with Gasteiger partial charge >= 0.3 is 0 Å². The molecule has 10 rings (SSSR count). The highest BCUT2D eigenvalue weighted by Crippen LogP contribution is 2.49. The molecule has 2 aromatic heterocycles. The highest BCUT2D eigenvalue weighted by Gasteiger charge is 2.26. The maximum Gasteiger partial charge on any atom is 0.160 e. The highest BCUT2D eigenvalue weighted by atomic mass is 16.5. The molecule has 0 saturated carbocycles. The smallest absolute Gasteiger partial charge is 0.160 e. The lowest BCUT2D eigenvalue weighted by Crippen LogP contribution is -2.04. The van der Waals surface area contributed by atoms with Gasteiger partial charge in [0.1, 0.15) is 0 Å². The normalized spacial score (nSPS) is 12.2. The molecule has 3 heterocycles. The van der Waals surface area contributed by atoms with Crippen LogP contribution in [0.1, 0.15) is 0 Å². The van der Waals surface area contributed by atoms with Crippen molar-refractivity contribution >= 4 is 43.6 Å². The third-order valence-electron chi connectivity index (χ3n) is 9.32. The van der Waals surface area contributed by atoms with Gasteiger partial charge in [0, 0.05) is 32.8 Å². The molecule has 45 heavy (non-hydrogen) atoms. The van der Waals surface area contributed by atoms with E-state index < -0.39 is 0 Å². The van der Waals surface area contributed by atoms with E-state index in [4.69, 9.17) is 4.74 Å². The van der Waals surface area contributed by atoms with Gasteiger partial charge in [0.15, 0.2) is 11.5 Å². The number of rotatable bonds is 3. The molecule has 0 amide bonds. The monoisotopic (exact) mass is 574 g/mol. The summed E-state index contributed by atoms with van der Waals surface area (Å²) >= 11 is 0. The van der Waals surface area contributed by atoms with Gasteiger partial charge in [-0.25, -0.2) is 0 Å². The fourth-order valence-electron chi connectivity index (χ4n) is 7.31. The van der Waals surface area contributed by atoms with E-state index in [-0.39, 0.29) is 0 Å². The molecule has 9 aromatic rings. The predicted molar refractivity (Wildman–Crippen MR) is 186 cm³/mol. The maximum atomic E-state index is 6.68. The maximum absolute atomic E-state index is 6.68. The average molecular weight is 575 g/mol. The molecule has 0 fully saturated rings. The fourth-order valence-corrected chi connectivity index (χ4v) is 7.31. The largest absolute Gasteiger partial charge is 0.452 e. The second kappa shape index (κ2) is 9.22. The van der Waals surface area contributed by atoms with Crippen molar-refractivity contribution < 1.29 is 4.74 Å². The molecule has 0 spiro atoms. The molecule has 3 heteroatoms. The van der Waals surface area contributed by atoms with E-state index in [0.29, 0.717) is 0 Å². The van der Waals surface area contributed by atoms with Crippen LogP contribution in [0, 0.1) is 0 Å². The first-order chi connectivity index (χ1) is 22.3. The Balaban J connectivity index is 1.10. The van der Waals surface area contributed by atoms with E-state index in [1.807, 2.05) is 6.07 Å². The fraction of sp³-hybridized carbons (Fsp3) is 0. The summed E-state index contributed by atoms with van der Waals surface area (Å²) < 4.78 is 11.4. The molecule has 0 saturated heterocycles. The van der Waals surface area contributed by atoms with Crippen LogP contribution in [0.5, 0.6) is 11.5 Å². The summed E-state index contributed by atoms with van der Waals surface area (Å²) in [6, 6.07) is 56.4. The molecular weight excluding hydrogens is 548 g/mol. The van der Waals surface area contributed by atoms with Crippen molar-refractivity contribution in [2.24, 2.45) is 0 Å². The number of hydrogen-bond acceptors (Lipinski definition) is 1. The minimum atomic E-state index is 0.874. The van der Waals surface area contributed by atoms with Crippen LogP contribution in [0.4, 0.5) is 0 Å². The molecule has 1 aliphatic rings. The molecule has 1 aliphatic heterocycles. The first-order valence-electron chi connectivity index (χ1n) is 15.4.